The second kappa shape index (κ2) is 8.02. The van der Waals surface area contributed by atoms with E-state index in [1.807, 2.05) is 47.8 Å². The van der Waals surface area contributed by atoms with Gasteiger partial charge in [-0.05, 0) is 24.3 Å². The minimum atomic E-state index is -0.502. The van der Waals surface area contributed by atoms with Crippen LogP contribution in [0.25, 0.3) is 21.8 Å². The number of rotatable bonds is 4. The monoisotopic (exact) mass is 389 g/mol. The Kier molecular flexibility index (Phi) is 5.12. The summed E-state index contributed by atoms with van der Waals surface area (Å²) < 4.78 is 13.6. The molecular formula is C22H16FN3OS. The van der Waals surface area contributed by atoms with Gasteiger partial charge in [-0.15, -0.1) is 11.3 Å². The molecule has 0 aliphatic rings. The second-order valence-corrected chi connectivity index (χ2v) is 6.90. The third-order valence-corrected chi connectivity index (χ3v) is 4.98. The van der Waals surface area contributed by atoms with Crippen LogP contribution in [0.15, 0.2) is 84.2 Å². The minimum Gasteiger partial charge on any atom is -0.308 e. The molecule has 28 heavy (non-hydrogen) atoms. The molecule has 0 unspecified atom stereocenters. The van der Waals surface area contributed by atoms with E-state index in [9.17, 15) is 9.18 Å². The summed E-state index contributed by atoms with van der Waals surface area (Å²) in [5.74, 6) is -0.481. The maximum Gasteiger partial charge on any atom is 0.323 e. The van der Waals surface area contributed by atoms with E-state index in [1.54, 1.807) is 35.6 Å². The van der Waals surface area contributed by atoms with Crippen LogP contribution in [0.5, 0.6) is 0 Å². The summed E-state index contributed by atoms with van der Waals surface area (Å²) in [7, 11) is 0. The molecule has 0 saturated carbocycles. The van der Waals surface area contributed by atoms with Crippen LogP contribution in [0.2, 0.25) is 0 Å². The lowest BCUT2D eigenvalue weighted by Crippen LogP contribution is -2.20. The lowest BCUT2D eigenvalue weighted by Gasteiger charge is -2.08. The number of thiazole rings is 1. The van der Waals surface area contributed by atoms with Crippen molar-refractivity contribution in [2.24, 2.45) is 0 Å². The Balaban J connectivity index is 1.44. The molecule has 4 aromatic rings. The summed E-state index contributed by atoms with van der Waals surface area (Å²) >= 11 is 1.59. The molecule has 0 radical (unpaired) electrons. The molecule has 2 amide bonds. The van der Waals surface area contributed by atoms with Gasteiger partial charge in [-0.2, -0.15) is 0 Å². The third-order valence-electron chi connectivity index (χ3n) is 4.09. The van der Waals surface area contributed by atoms with Gasteiger partial charge in [0.15, 0.2) is 0 Å². The first kappa shape index (κ1) is 17.9. The molecule has 1 aromatic heterocycles. The zero-order valence-corrected chi connectivity index (χ0v) is 15.5. The van der Waals surface area contributed by atoms with Gasteiger partial charge in [0.1, 0.15) is 10.8 Å². The molecule has 0 fully saturated rings. The van der Waals surface area contributed by atoms with Crippen LogP contribution in [0.4, 0.5) is 20.6 Å². The van der Waals surface area contributed by atoms with Gasteiger partial charge in [0.25, 0.3) is 0 Å². The summed E-state index contributed by atoms with van der Waals surface area (Å²) in [5, 5.41) is 8.15. The first-order valence-corrected chi connectivity index (χ1v) is 9.51. The van der Waals surface area contributed by atoms with Gasteiger partial charge in [-0.1, -0.05) is 54.6 Å². The number of amides is 2. The number of para-hydroxylation sites is 1. The van der Waals surface area contributed by atoms with Crippen molar-refractivity contribution >= 4 is 28.7 Å². The SMILES string of the molecule is O=C(Nc1ccc(-c2csc(-c3ccccc3)n2)cc1)Nc1ccccc1F. The number of carbonyl (C=O) groups excluding carboxylic acids is 1. The van der Waals surface area contributed by atoms with E-state index < -0.39 is 11.8 Å². The van der Waals surface area contributed by atoms with E-state index >= 15 is 0 Å². The number of nitrogens with zero attached hydrogens (tertiary/aromatic N) is 1. The second-order valence-electron chi connectivity index (χ2n) is 6.04. The Hall–Kier alpha value is -3.51. The first-order chi connectivity index (χ1) is 13.7. The standard InChI is InChI=1S/C22H16FN3OS/c23-18-8-4-5-9-19(18)26-22(27)24-17-12-10-15(11-13-17)20-14-28-21(25-20)16-6-2-1-3-7-16/h1-14H,(H2,24,26,27). The van der Waals surface area contributed by atoms with E-state index in [2.05, 4.69) is 15.6 Å². The molecular weight excluding hydrogens is 373 g/mol. The fourth-order valence-electron chi connectivity index (χ4n) is 2.69. The first-order valence-electron chi connectivity index (χ1n) is 8.63. The number of aromatic nitrogens is 1. The Morgan fingerprint density at radius 3 is 2.29 bits per heavy atom. The maximum absolute atomic E-state index is 13.6. The average Bonchev–Trinajstić information content (AvgIpc) is 3.21. The van der Waals surface area contributed by atoms with Crippen molar-refractivity contribution in [2.75, 3.05) is 10.6 Å². The van der Waals surface area contributed by atoms with Crippen LogP contribution >= 0.6 is 11.3 Å². The Morgan fingerprint density at radius 1 is 0.821 bits per heavy atom. The maximum atomic E-state index is 13.6. The van der Waals surface area contributed by atoms with Crippen LogP contribution in [0.3, 0.4) is 0 Å². The molecule has 6 heteroatoms. The van der Waals surface area contributed by atoms with Gasteiger partial charge in [0.05, 0.1) is 11.4 Å². The van der Waals surface area contributed by atoms with Gasteiger partial charge >= 0.3 is 6.03 Å². The number of nitrogens with one attached hydrogen (secondary N) is 2. The molecule has 4 nitrogen and oxygen atoms in total. The summed E-state index contributed by atoms with van der Waals surface area (Å²) in [5.41, 5.74) is 3.66. The Labute approximate surface area is 165 Å². The normalized spacial score (nSPS) is 10.5. The van der Waals surface area contributed by atoms with Gasteiger partial charge in [-0.3, -0.25) is 0 Å². The van der Waals surface area contributed by atoms with Crippen molar-refractivity contribution < 1.29 is 9.18 Å². The highest BCUT2D eigenvalue weighted by molar-refractivity contribution is 7.13. The molecule has 0 bridgehead atoms. The number of anilines is 2. The largest absolute Gasteiger partial charge is 0.323 e. The lowest BCUT2D eigenvalue weighted by molar-refractivity contribution is 0.262. The zero-order chi connectivity index (χ0) is 19.3. The van der Waals surface area contributed by atoms with Gasteiger partial charge < -0.3 is 10.6 Å². The molecule has 0 saturated heterocycles. The predicted molar refractivity (Wildman–Crippen MR) is 112 cm³/mol. The van der Waals surface area contributed by atoms with Crippen molar-refractivity contribution in [3.63, 3.8) is 0 Å². The van der Waals surface area contributed by atoms with E-state index in [4.69, 9.17) is 0 Å². The van der Waals surface area contributed by atoms with Crippen LogP contribution in [-0.2, 0) is 0 Å². The highest BCUT2D eigenvalue weighted by atomic mass is 32.1. The summed E-state index contributed by atoms with van der Waals surface area (Å²) in [6, 6.07) is 22.9. The lowest BCUT2D eigenvalue weighted by atomic mass is 10.1. The van der Waals surface area contributed by atoms with Crippen LogP contribution in [-0.4, -0.2) is 11.0 Å². The van der Waals surface area contributed by atoms with Crippen molar-refractivity contribution in [2.45, 2.75) is 0 Å². The number of hydrogen-bond donors (Lipinski definition) is 2. The fourth-order valence-corrected chi connectivity index (χ4v) is 3.53. The quantitative estimate of drug-likeness (QED) is 0.433. The smallest absolute Gasteiger partial charge is 0.308 e. The number of halogens is 1. The molecule has 4 rings (SSSR count). The van der Waals surface area contributed by atoms with E-state index in [0.717, 1.165) is 21.8 Å². The molecule has 138 valence electrons. The van der Waals surface area contributed by atoms with Crippen LogP contribution in [0.1, 0.15) is 0 Å². The average molecular weight is 389 g/mol. The number of carbonyl (C=O) groups is 1. The van der Waals surface area contributed by atoms with Crippen LogP contribution < -0.4 is 10.6 Å². The molecule has 0 spiro atoms. The molecule has 2 N–H and O–H groups in total. The van der Waals surface area contributed by atoms with Gasteiger partial charge in [0, 0.05) is 22.2 Å². The molecule has 0 aliphatic carbocycles. The van der Waals surface area contributed by atoms with E-state index in [1.165, 1.54) is 12.1 Å². The third kappa shape index (κ3) is 4.07. The highest BCUT2D eigenvalue weighted by Crippen LogP contribution is 2.29. The number of hydrogen-bond acceptors (Lipinski definition) is 3. The van der Waals surface area contributed by atoms with Crippen molar-refractivity contribution in [1.29, 1.82) is 0 Å². The minimum absolute atomic E-state index is 0.132. The molecule has 3 aromatic carbocycles. The van der Waals surface area contributed by atoms with Gasteiger partial charge in [-0.25, -0.2) is 14.2 Å². The highest BCUT2D eigenvalue weighted by Gasteiger charge is 2.08. The summed E-state index contributed by atoms with van der Waals surface area (Å²) in [6.07, 6.45) is 0. The summed E-state index contributed by atoms with van der Waals surface area (Å²) in [4.78, 5) is 16.7. The molecule has 0 aliphatic heterocycles. The van der Waals surface area contributed by atoms with Crippen molar-refractivity contribution in [1.82, 2.24) is 4.98 Å². The Morgan fingerprint density at radius 2 is 1.54 bits per heavy atom. The Bertz CT molecular complexity index is 1090. The van der Waals surface area contributed by atoms with Gasteiger partial charge in [0.2, 0.25) is 0 Å². The topological polar surface area (TPSA) is 54.0 Å². The number of benzene rings is 3. The van der Waals surface area contributed by atoms with Crippen molar-refractivity contribution in [3.8, 4) is 21.8 Å². The van der Waals surface area contributed by atoms with E-state index in [0.29, 0.717) is 5.69 Å². The predicted octanol–water partition coefficient (Wildman–Crippen LogP) is 6.26. The van der Waals surface area contributed by atoms with Crippen LogP contribution in [0, 0.1) is 5.82 Å². The van der Waals surface area contributed by atoms with E-state index in [-0.39, 0.29) is 5.69 Å². The number of urea groups is 1. The van der Waals surface area contributed by atoms with Crippen molar-refractivity contribution in [3.05, 3.63) is 90.1 Å². The summed E-state index contributed by atoms with van der Waals surface area (Å²) in [6.45, 7) is 0. The zero-order valence-electron chi connectivity index (χ0n) is 14.7. The molecule has 0 atom stereocenters. The molecule has 1 heterocycles. The fraction of sp³-hybridized carbons (Fsp3) is 0.